The summed E-state index contributed by atoms with van der Waals surface area (Å²) in [6.45, 7) is 0. The molecule has 3 nitrogen and oxygen atoms in total. The summed E-state index contributed by atoms with van der Waals surface area (Å²) < 4.78 is 14.1. The number of hydrogen-bond acceptors (Lipinski definition) is 3. The number of aromatic carboxylic acids is 1. The van der Waals surface area contributed by atoms with Crippen LogP contribution in [0.1, 0.15) is 26.3 Å². The van der Waals surface area contributed by atoms with E-state index in [1.54, 1.807) is 0 Å². The second-order valence-electron chi connectivity index (χ2n) is 4.04. The van der Waals surface area contributed by atoms with Gasteiger partial charge >= 0.3 is 5.97 Å². The van der Waals surface area contributed by atoms with Crippen molar-refractivity contribution in [2.24, 2.45) is 0 Å². The van der Waals surface area contributed by atoms with Crippen LogP contribution in [0.3, 0.4) is 0 Å². The van der Waals surface area contributed by atoms with Crippen molar-refractivity contribution in [3.8, 4) is 0 Å². The molecule has 0 spiro atoms. The number of carboxylic acids is 1. The molecule has 0 aliphatic rings. The third kappa shape index (κ3) is 3.05. The zero-order chi connectivity index (χ0) is 14.5. The van der Waals surface area contributed by atoms with Gasteiger partial charge in [0, 0.05) is 11.3 Å². The third-order valence-electron chi connectivity index (χ3n) is 2.71. The summed E-state index contributed by atoms with van der Waals surface area (Å²) >= 11 is 1.11. The second-order valence-corrected chi connectivity index (χ2v) is 5.03. The molecular weight excluding hydrogens is 279 g/mol. The topological polar surface area (TPSA) is 54.4 Å². The molecule has 0 heterocycles. The number of thioether (sulfide) groups is 1. The molecule has 102 valence electrons. The van der Waals surface area contributed by atoms with E-state index in [1.807, 2.05) is 30.3 Å². The Hall–Kier alpha value is -2.14. The number of rotatable bonds is 5. The molecule has 0 amide bonds. The molecule has 0 bridgehead atoms. The fraction of sp³-hybridized carbons (Fsp3) is 0.0667. The monoisotopic (exact) mass is 290 g/mol. The number of carbonyl (C=O) groups is 2. The summed E-state index contributed by atoms with van der Waals surface area (Å²) in [7, 11) is 0. The van der Waals surface area contributed by atoms with Crippen molar-refractivity contribution < 1.29 is 19.1 Å². The van der Waals surface area contributed by atoms with Gasteiger partial charge in [-0.3, -0.25) is 4.79 Å². The maximum Gasteiger partial charge on any atom is 0.338 e. The van der Waals surface area contributed by atoms with Gasteiger partial charge in [0.05, 0.1) is 10.5 Å². The Labute approximate surface area is 119 Å². The molecule has 2 aromatic carbocycles. The van der Waals surface area contributed by atoms with E-state index in [0.717, 1.165) is 23.4 Å². The lowest BCUT2D eigenvalue weighted by molar-refractivity contribution is 0.0690. The van der Waals surface area contributed by atoms with Crippen LogP contribution in [0, 0.1) is 5.82 Å². The molecule has 0 aliphatic heterocycles. The number of halogens is 1. The highest BCUT2D eigenvalue weighted by Crippen LogP contribution is 2.30. The van der Waals surface area contributed by atoms with Gasteiger partial charge in [0.15, 0.2) is 12.1 Å². The first kappa shape index (κ1) is 14.3. The Morgan fingerprint density at radius 3 is 2.50 bits per heavy atom. The Balaban J connectivity index is 2.32. The lowest BCUT2D eigenvalue weighted by Gasteiger charge is -2.08. The lowest BCUT2D eigenvalue weighted by Crippen LogP contribution is -2.04. The van der Waals surface area contributed by atoms with E-state index in [9.17, 15) is 14.0 Å². The normalized spacial score (nSPS) is 10.2. The van der Waals surface area contributed by atoms with Gasteiger partial charge < -0.3 is 5.11 Å². The molecule has 0 saturated heterocycles. The van der Waals surface area contributed by atoms with E-state index in [4.69, 9.17) is 5.11 Å². The van der Waals surface area contributed by atoms with Gasteiger partial charge in [-0.25, -0.2) is 9.18 Å². The van der Waals surface area contributed by atoms with E-state index in [-0.39, 0.29) is 10.5 Å². The first-order chi connectivity index (χ1) is 9.63. The van der Waals surface area contributed by atoms with Gasteiger partial charge in [-0.2, -0.15) is 0 Å². The van der Waals surface area contributed by atoms with Crippen molar-refractivity contribution in [2.45, 2.75) is 10.6 Å². The largest absolute Gasteiger partial charge is 0.478 e. The van der Waals surface area contributed by atoms with Crippen LogP contribution in [-0.2, 0) is 5.75 Å². The first-order valence-corrected chi connectivity index (χ1v) is 6.79. The maximum atomic E-state index is 14.1. The van der Waals surface area contributed by atoms with Crippen LogP contribution in [0.25, 0.3) is 0 Å². The van der Waals surface area contributed by atoms with Gasteiger partial charge in [0.2, 0.25) is 0 Å². The van der Waals surface area contributed by atoms with E-state index in [2.05, 4.69) is 0 Å². The molecular formula is C15H11FO3S. The average Bonchev–Trinajstić information content (AvgIpc) is 2.46. The summed E-state index contributed by atoms with van der Waals surface area (Å²) in [4.78, 5) is 21.9. The molecule has 0 fully saturated rings. The van der Waals surface area contributed by atoms with Crippen molar-refractivity contribution in [3.05, 3.63) is 65.0 Å². The minimum absolute atomic E-state index is 0.0729. The van der Waals surface area contributed by atoms with Crippen molar-refractivity contribution in [2.75, 3.05) is 0 Å². The molecule has 0 aliphatic carbocycles. The number of hydrogen-bond donors (Lipinski definition) is 1. The SMILES string of the molecule is O=Cc1ccc(C(=O)O)c(F)c1SCc1ccccc1. The van der Waals surface area contributed by atoms with Crippen LogP contribution in [-0.4, -0.2) is 17.4 Å². The van der Waals surface area contributed by atoms with Crippen molar-refractivity contribution >= 4 is 24.0 Å². The molecule has 20 heavy (non-hydrogen) atoms. The number of benzene rings is 2. The molecule has 0 unspecified atom stereocenters. The lowest BCUT2D eigenvalue weighted by atomic mass is 10.1. The van der Waals surface area contributed by atoms with E-state index in [0.29, 0.717) is 12.0 Å². The zero-order valence-electron chi connectivity index (χ0n) is 10.4. The van der Waals surface area contributed by atoms with Crippen molar-refractivity contribution in [3.63, 3.8) is 0 Å². The van der Waals surface area contributed by atoms with Gasteiger partial charge in [0.1, 0.15) is 0 Å². The summed E-state index contributed by atoms with van der Waals surface area (Å²) in [5.41, 5.74) is 0.703. The Bertz CT molecular complexity index is 641. The minimum atomic E-state index is -1.35. The predicted molar refractivity (Wildman–Crippen MR) is 74.7 cm³/mol. The maximum absolute atomic E-state index is 14.1. The molecule has 0 saturated carbocycles. The van der Waals surface area contributed by atoms with Crippen LogP contribution < -0.4 is 0 Å². The zero-order valence-corrected chi connectivity index (χ0v) is 11.2. The average molecular weight is 290 g/mol. The standard InChI is InChI=1S/C15H11FO3S/c16-13-12(15(18)19)7-6-11(8-17)14(13)20-9-10-4-2-1-3-5-10/h1-8H,9H2,(H,18,19). The van der Waals surface area contributed by atoms with E-state index >= 15 is 0 Å². The van der Waals surface area contributed by atoms with Gasteiger partial charge in [-0.05, 0) is 17.7 Å². The van der Waals surface area contributed by atoms with Crippen molar-refractivity contribution in [1.29, 1.82) is 0 Å². The number of carboxylic acid groups (broad SMARTS) is 1. The molecule has 1 N–H and O–H groups in total. The highest BCUT2D eigenvalue weighted by atomic mass is 32.2. The van der Waals surface area contributed by atoms with Gasteiger partial charge in [-0.15, -0.1) is 11.8 Å². The molecule has 0 aromatic heterocycles. The van der Waals surface area contributed by atoms with Gasteiger partial charge in [-0.1, -0.05) is 30.3 Å². The second kappa shape index (κ2) is 6.34. The Kier molecular flexibility index (Phi) is 4.53. The fourth-order valence-corrected chi connectivity index (χ4v) is 2.73. The Morgan fingerprint density at radius 2 is 1.90 bits per heavy atom. The van der Waals surface area contributed by atoms with Crippen LogP contribution in [0.15, 0.2) is 47.4 Å². The molecule has 5 heteroatoms. The highest BCUT2D eigenvalue weighted by Gasteiger charge is 2.18. The molecule has 2 aromatic rings. The van der Waals surface area contributed by atoms with Crippen molar-refractivity contribution in [1.82, 2.24) is 0 Å². The summed E-state index contributed by atoms with van der Waals surface area (Å²) in [5, 5.41) is 8.90. The summed E-state index contributed by atoms with van der Waals surface area (Å²) in [6.07, 6.45) is 0.530. The van der Waals surface area contributed by atoms with E-state index in [1.165, 1.54) is 6.07 Å². The highest BCUT2D eigenvalue weighted by molar-refractivity contribution is 7.98. The number of carbonyl (C=O) groups excluding carboxylic acids is 1. The smallest absolute Gasteiger partial charge is 0.338 e. The van der Waals surface area contributed by atoms with E-state index < -0.39 is 17.3 Å². The summed E-state index contributed by atoms with van der Waals surface area (Å²) in [5.74, 6) is -1.74. The fourth-order valence-electron chi connectivity index (χ4n) is 1.71. The van der Waals surface area contributed by atoms with Gasteiger partial charge in [0.25, 0.3) is 0 Å². The molecule has 2 rings (SSSR count). The van der Waals surface area contributed by atoms with Crippen LogP contribution in [0.5, 0.6) is 0 Å². The first-order valence-electron chi connectivity index (χ1n) is 5.81. The van der Waals surface area contributed by atoms with Crippen LogP contribution >= 0.6 is 11.8 Å². The minimum Gasteiger partial charge on any atom is -0.478 e. The number of aldehydes is 1. The van der Waals surface area contributed by atoms with Crippen LogP contribution in [0.2, 0.25) is 0 Å². The quantitative estimate of drug-likeness (QED) is 0.675. The molecule has 0 atom stereocenters. The van der Waals surface area contributed by atoms with Crippen LogP contribution in [0.4, 0.5) is 4.39 Å². The third-order valence-corrected chi connectivity index (χ3v) is 3.89. The molecule has 0 radical (unpaired) electrons. The predicted octanol–water partition coefficient (Wildman–Crippen LogP) is 3.63. The Morgan fingerprint density at radius 1 is 1.20 bits per heavy atom. The summed E-state index contributed by atoms with van der Waals surface area (Å²) in [6, 6.07) is 11.8.